The summed E-state index contributed by atoms with van der Waals surface area (Å²) in [5, 5.41) is 9.34. The second-order valence-corrected chi connectivity index (χ2v) is 4.35. The van der Waals surface area contributed by atoms with Gasteiger partial charge in [0.25, 0.3) is 0 Å². The first-order valence-corrected chi connectivity index (χ1v) is 5.26. The lowest BCUT2D eigenvalue weighted by molar-refractivity contribution is 0.176. The maximum Gasteiger partial charge on any atom is 0.0517 e. The van der Waals surface area contributed by atoms with Crippen molar-refractivity contribution in [3.63, 3.8) is 0 Å². The molecule has 0 aliphatic carbocycles. The lowest BCUT2D eigenvalue weighted by Gasteiger charge is -2.16. The number of benzene rings is 1. The van der Waals surface area contributed by atoms with Crippen LogP contribution in [0.1, 0.15) is 42.9 Å². The van der Waals surface area contributed by atoms with Crippen LogP contribution >= 0.6 is 0 Å². The van der Waals surface area contributed by atoms with Crippen LogP contribution in [0.4, 0.5) is 0 Å². The topological polar surface area (TPSA) is 20.2 Å². The van der Waals surface area contributed by atoms with E-state index in [1.807, 2.05) is 6.92 Å². The van der Waals surface area contributed by atoms with Gasteiger partial charge in [-0.25, -0.2) is 0 Å². The molecule has 2 atom stereocenters. The van der Waals surface area contributed by atoms with Crippen LogP contribution in [-0.2, 0) is 0 Å². The van der Waals surface area contributed by atoms with Crippen LogP contribution in [0.15, 0.2) is 18.2 Å². The molecule has 14 heavy (non-hydrogen) atoms. The molecule has 0 bridgehead atoms. The second kappa shape index (κ2) is 4.61. The molecule has 0 amide bonds. The molecule has 0 fully saturated rings. The van der Waals surface area contributed by atoms with Crippen LogP contribution in [0, 0.1) is 13.8 Å². The van der Waals surface area contributed by atoms with Crippen molar-refractivity contribution < 1.29 is 5.11 Å². The third-order valence-corrected chi connectivity index (χ3v) is 2.66. The fourth-order valence-electron chi connectivity index (χ4n) is 1.93. The summed E-state index contributed by atoms with van der Waals surface area (Å²) in [6.45, 7) is 8.27. The van der Waals surface area contributed by atoms with Crippen molar-refractivity contribution in [2.75, 3.05) is 0 Å². The quantitative estimate of drug-likeness (QED) is 0.780. The molecule has 1 N–H and O–H groups in total. The van der Waals surface area contributed by atoms with E-state index < -0.39 is 0 Å². The average molecular weight is 192 g/mol. The van der Waals surface area contributed by atoms with Gasteiger partial charge in [0.05, 0.1) is 6.10 Å². The van der Waals surface area contributed by atoms with Gasteiger partial charge in [-0.3, -0.25) is 0 Å². The number of aryl methyl sites for hydroxylation is 2. The Balaban J connectivity index is 2.88. The molecule has 2 unspecified atom stereocenters. The Morgan fingerprint density at radius 3 is 2.43 bits per heavy atom. The van der Waals surface area contributed by atoms with Crippen molar-refractivity contribution in [1.82, 2.24) is 0 Å². The van der Waals surface area contributed by atoms with E-state index in [2.05, 4.69) is 39.0 Å². The zero-order valence-electron chi connectivity index (χ0n) is 9.54. The van der Waals surface area contributed by atoms with E-state index in [-0.39, 0.29) is 6.10 Å². The highest BCUT2D eigenvalue weighted by Gasteiger charge is 2.10. The third kappa shape index (κ3) is 2.85. The predicted molar refractivity (Wildman–Crippen MR) is 60.6 cm³/mol. The molecule has 0 aliphatic heterocycles. The van der Waals surface area contributed by atoms with Crippen LogP contribution < -0.4 is 0 Å². The Hall–Kier alpha value is -0.820. The van der Waals surface area contributed by atoms with E-state index in [1.165, 1.54) is 16.7 Å². The standard InChI is InChI=1S/C13H20O/c1-9-5-6-10(2)13(7-9)11(3)8-12(4)14/h5-7,11-12,14H,8H2,1-4H3. The average Bonchev–Trinajstić information content (AvgIpc) is 2.08. The van der Waals surface area contributed by atoms with Gasteiger partial charge in [-0.15, -0.1) is 0 Å². The minimum absolute atomic E-state index is 0.218. The van der Waals surface area contributed by atoms with Crippen LogP contribution in [-0.4, -0.2) is 11.2 Å². The molecule has 1 rings (SSSR count). The highest BCUT2D eigenvalue weighted by molar-refractivity contribution is 5.32. The summed E-state index contributed by atoms with van der Waals surface area (Å²) in [6.07, 6.45) is 0.620. The lowest BCUT2D eigenvalue weighted by Crippen LogP contribution is -2.07. The predicted octanol–water partition coefficient (Wildman–Crippen LogP) is 3.18. The fourth-order valence-corrected chi connectivity index (χ4v) is 1.93. The van der Waals surface area contributed by atoms with Gasteiger partial charge in [-0.2, -0.15) is 0 Å². The summed E-state index contributed by atoms with van der Waals surface area (Å²) < 4.78 is 0. The summed E-state index contributed by atoms with van der Waals surface area (Å²) in [6, 6.07) is 6.51. The van der Waals surface area contributed by atoms with E-state index in [9.17, 15) is 5.11 Å². The minimum Gasteiger partial charge on any atom is -0.393 e. The van der Waals surface area contributed by atoms with Gasteiger partial charge in [0.1, 0.15) is 0 Å². The number of hydrogen-bond donors (Lipinski definition) is 1. The van der Waals surface area contributed by atoms with E-state index in [4.69, 9.17) is 0 Å². The second-order valence-electron chi connectivity index (χ2n) is 4.35. The molecule has 0 aliphatic rings. The third-order valence-electron chi connectivity index (χ3n) is 2.66. The van der Waals surface area contributed by atoms with Gasteiger partial charge in [-0.1, -0.05) is 30.7 Å². The monoisotopic (exact) mass is 192 g/mol. The normalized spacial score (nSPS) is 15.2. The van der Waals surface area contributed by atoms with E-state index >= 15 is 0 Å². The molecule has 1 aromatic carbocycles. The largest absolute Gasteiger partial charge is 0.393 e. The Labute approximate surface area is 86.8 Å². The smallest absolute Gasteiger partial charge is 0.0517 e. The highest BCUT2D eigenvalue weighted by Crippen LogP contribution is 2.24. The number of aliphatic hydroxyl groups is 1. The first-order valence-electron chi connectivity index (χ1n) is 5.26. The number of rotatable bonds is 3. The lowest BCUT2D eigenvalue weighted by atomic mass is 9.91. The van der Waals surface area contributed by atoms with Gasteiger partial charge in [0, 0.05) is 0 Å². The molecule has 0 aromatic heterocycles. The molecule has 0 spiro atoms. The van der Waals surface area contributed by atoms with E-state index in [0.29, 0.717) is 5.92 Å². The molecule has 78 valence electrons. The maximum atomic E-state index is 9.34. The van der Waals surface area contributed by atoms with E-state index in [0.717, 1.165) is 6.42 Å². The molecular formula is C13H20O. The maximum absolute atomic E-state index is 9.34. The zero-order chi connectivity index (χ0) is 10.7. The molecule has 0 saturated heterocycles. The molecule has 0 saturated carbocycles. The van der Waals surface area contributed by atoms with Crippen molar-refractivity contribution in [3.8, 4) is 0 Å². The summed E-state index contributed by atoms with van der Waals surface area (Å²) in [7, 11) is 0. The summed E-state index contributed by atoms with van der Waals surface area (Å²) in [5.41, 5.74) is 3.98. The Kier molecular flexibility index (Phi) is 3.70. The highest BCUT2D eigenvalue weighted by atomic mass is 16.3. The molecule has 1 heteroatoms. The molecule has 0 radical (unpaired) electrons. The van der Waals surface area contributed by atoms with E-state index in [1.54, 1.807) is 0 Å². The van der Waals surface area contributed by atoms with Crippen molar-refractivity contribution in [3.05, 3.63) is 34.9 Å². The Bertz CT molecular complexity index is 302. The van der Waals surface area contributed by atoms with Crippen LogP contribution in [0.3, 0.4) is 0 Å². The van der Waals surface area contributed by atoms with Crippen molar-refractivity contribution >= 4 is 0 Å². The van der Waals surface area contributed by atoms with Crippen LogP contribution in [0.2, 0.25) is 0 Å². The van der Waals surface area contributed by atoms with Crippen LogP contribution in [0.25, 0.3) is 0 Å². The van der Waals surface area contributed by atoms with Crippen molar-refractivity contribution in [2.45, 2.75) is 46.1 Å². The summed E-state index contributed by atoms with van der Waals surface area (Å²) in [4.78, 5) is 0. The summed E-state index contributed by atoms with van der Waals surface area (Å²) >= 11 is 0. The van der Waals surface area contributed by atoms with Gasteiger partial charge < -0.3 is 5.11 Å². The molecular weight excluding hydrogens is 172 g/mol. The Morgan fingerprint density at radius 2 is 1.86 bits per heavy atom. The molecule has 1 aromatic rings. The Morgan fingerprint density at radius 1 is 1.21 bits per heavy atom. The fraction of sp³-hybridized carbons (Fsp3) is 0.538. The molecule has 0 heterocycles. The first kappa shape index (κ1) is 11.3. The molecule has 1 nitrogen and oxygen atoms in total. The van der Waals surface area contributed by atoms with Gasteiger partial charge in [0.2, 0.25) is 0 Å². The van der Waals surface area contributed by atoms with Gasteiger partial charge in [0.15, 0.2) is 0 Å². The minimum atomic E-state index is -0.218. The number of hydrogen-bond acceptors (Lipinski definition) is 1. The zero-order valence-corrected chi connectivity index (χ0v) is 9.54. The van der Waals surface area contributed by atoms with Crippen molar-refractivity contribution in [1.29, 1.82) is 0 Å². The van der Waals surface area contributed by atoms with Gasteiger partial charge >= 0.3 is 0 Å². The van der Waals surface area contributed by atoms with Crippen molar-refractivity contribution in [2.24, 2.45) is 0 Å². The van der Waals surface area contributed by atoms with Crippen LogP contribution in [0.5, 0.6) is 0 Å². The summed E-state index contributed by atoms with van der Waals surface area (Å²) in [5.74, 6) is 0.440. The number of aliphatic hydroxyl groups excluding tert-OH is 1. The SMILES string of the molecule is Cc1ccc(C)c(C(C)CC(C)O)c1. The first-order chi connectivity index (χ1) is 6.50. The van der Waals surface area contributed by atoms with Gasteiger partial charge in [-0.05, 0) is 44.2 Å².